The highest BCUT2D eigenvalue weighted by atomic mass is 16.5. The van der Waals surface area contributed by atoms with E-state index in [1.54, 1.807) is 19.5 Å². The Balaban J connectivity index is 2.41. The fourth-order valence-electron chi connectivity index (χ4n) is 1.04. The number of methoxy groups -OCH3 is 1. The van der Waals surface area contributed by atoms with Crippen LogP contribution in [0.3, 0.4) is 0 Å². The summed E-state index contributed by atoms with van der Waals surface area (Å²) in [5.41, 5.74) is 1.03. The van der Waals surface area contributed by atoms with Gasteiger partial charge in [0.25, 0.3) is 0 Å². The molecule has 1 atom stereocenters. The molecule has 0 spiro atoms. The summed E-state index contributed by atoms with van der Waals surface area (Å²) in [5.74, 6) is 0. The van der Waals surface area contributed by atoms with Gasteiger partial charge in [0.15, 0.2) is 0 Å². The van der Waals surface area contributed by atoms with E-state index in [1.807, 2.05) is 12.1 Å². The first-order valence-electron chi connectivity index (χ1n) is 3.89. The Kier molecular flexibility index (Phi) is 3.70. The summed E-state index contributed by atoms with van der Waals surface area (Å²) in [5, 5.41) is 9.35. The van der Waals surface area contributed by atoms with Crippen LogP contribution >= 0.6 is 0 Å². The zero-order valence-electron chi connectivity index (χ0n) is 7.10. The number of aliphatic hydroxyl groups excluding tert-OH is 1. The van der Waals surface area contributed by atoms with Crippen molar-refractivity contribution < 1.29 is 9.84 Å². The van der Waals surface area contributed by atoms with Gasteiger partial charge in [-0.05, 0) is 11.6 Å². The Morgan fingerprint density at radius 2 is 2.50 bits per heavy atom. The second-order valence-electron chi connectivity index (χ2n) is 2.67. The second-order valence-corrected chi connectivity index (χ2v) is 2.67. The summed E-state index contributed by atoms with van der Waals surface area (Å²) in [6, 6.07) is 3.79. The molecule has 0 amide bonds. The average Bonchev–Trinajstić information content (AvgIpc) is 2.06. The summed E-state index contributed by atoms with van der Waals surface area (Å²) in [7, 11) is 1.58. The molecule has 3 heteroatoms. The molecule has 0 bridgehead atoms. The number of aliphatic hydroxyl groups is 1. The van der Waals surface area contributed by atoms with Gasteiger partial charge in [-0.15, -0.1) is 0 Å². The van der Waals surface area contributed by atoms with Gasteiger partial charge in [0, 0.05) is 25.9 Å². The van der Waals surface area contributed by atoms with Crippen LogP contribution in [0.1, 0.15) is 5.56 Å². The van der Waals surface area contributed by atoms with Gasteiger partial charge in [-0.2, -0.15) is 0 Å². The van der Waals surface area contributed by atoms with Gasteiger partial charge in [-0.1, -0.05) is 6.07 Å². The number of pyridine rings is 1. The SMILES string of the molecule is COCC(O)Cc1cccnc1. The highest BCUT2D eigenvalue weighted by Gasteiger charge is 2.03. The lowest BCUT2D eigenvalue weighted by atomic mass is 10.1. The molecule has 0 saturated carbocycles. The number of hydrogen-bond donors (Lipinski definition) is 1. The van der Waals surface area contributed by atoms with Crippen molar-refractivity contribution in [3.8, 4) is 0 Å². The molecule has 1 rings (SSSR count). The van der Waals surface area contributed by atoms with Crippen molar-refractivity contribution in [1.82, 2.24) is 4.98 Å². The lowest BCUT2D eigenvalue weighted by molar-refractivity contribution is 0.0650. The minimum atomic E-state index is -0.431. The predicted octanol–water partition coefficient (Wildman–Crippen LogP) is 0.631. The monoisotopic (exact) mass is 167 g/mol. The van der Waals surface area contributed by atoms with Gasteiger partial charge in [-0.3, -0.25) is 4.98 Å². The van der Waals surface area contributed by atoms with Gasteiger partial charge in [0.2, 0.25) is 0 Å². The normalized spacial score (nSPS) is 12.8. The average molecular weight is 167 g/mol. The number of hydrogen-bond acceptors (Lipinski definition) is 3. The van der Waals surface area contributed by atoms with Crippen molar-refractivity contribution in [1.29, 1.82) is 0 Å². The minimum absolute atomic E-state index is 0.370. The molecule has 0 aliphatic carbocycles. The number of ether oxygens (including phenoxy) is 1. The van der Waals surface area contributed by atoms with E-state index in [2.05, 4.69) is 4.98 Å². The molecule has 0 saturated heterocycles. The molecule has 66 valence electrons. The van der Waals surface area contributed by atoms with E-state index in [0.717, 1.165) is 5.56 Å². The van der Waals surface area contributed by atoms with Crippen LogP contribution < -0.4 is 0 Å². The molecule has 0 aliphatic heterocycles. The van der Waals surface area contributed by atoms with Gasteiger partial charge in [0.05, 0.1) is 12.7 Å². The maximum Gasteiger partial charge on any atom is 0.0814 e. The van der Waals surface area contributed by atoms with Crippen LogP contribution in [0.15, 0.2) is 24.5 Å². The zero-order chi connectivity index (χ0) is 8.81. The third-order valence-electron chi connectivity index (χ3n) is 1.55. The Morgan fingerprint density at radius 1 is 1.67 bits per heavy atom. The summed E-state index contributed by atoms with van der Waals surface area (Å²) < 4.78 is 4.81. The van der Waals surface area contributed by atoms with E-state index in [-0.39, 0.29) is 0 Å². The van der Waals surface area contributed by atoms with E-state index in [1.165, 1.54) is 0 Å². The van der Waals surface area contributed by atoms with Crippen molar-refractivity contribution in [3.63, 3.8) is 0 Å². The lowest BCUT2D eigenvalue weighted by Crippen LogP contribution is -2.16. The molecule has 0 aliphatic rings. The lowest BCUT2D eigenvalue weighted by Gasteiger charge is -2.07. The molecule has 1 N–H and O–H groups in total. The summed E-state index contributed by atoms with van der Waals surface area (Å²) in [6.07, 6.45) is 3.63. The van der Waals surface area contributed by atoms with Crippen LogP contribution in [-0.2, 0) is 11.2 Å². The molecule has 1 heterocycles. The van der Waals surface area contributed by atoms with E-state index >= 15 is 0 Å². The molecule has 12 heavy (non-hydrogen) atoms. The third kappa shape index (κ3) is 2.98. The van der Waals surface area contributed by atoms with Crippen LogP contribution in [0.25, 0.3) is 0 Å². The first-order chi connectivity index (χ1) is 5.83. The first kappa shape index (κ1) is 9.16. The van der Waals surface area contributed by atoms with Gasteiger partial charge in [-0.25, -0.2) is 0 Å². The van der Waals surface area contributed by atoms with E-state index < -0.39 is 6.10 Å². The van der Waals surface area contributed by atoms with E-state index in [0.29, 0.717) is 13.0 Å². The Labute approximate surface area is 72.0 Å². The zero-order valence-corrected chi connectivity index (χ0v) is 7.10. The van der Waals surface area contributed by atoms with Crippen molar-refractivity contribution in [2.75, 3.05) is 13.7 Å². The largest absolute Gasteiger partial charge is 0.390 e. The Morgan fingerprint density at radius 3 is 3.08 bits per heavy atom. The quantitative estimate of drug-likeness (QED) is 0.715. The Hall–Kier alpha value is -0.930. The first-order valence-corrected chi connectivity index (χ1v) is 3.89. The summed E-state index contributed by atoms with van der Waals surface area (Å²) in [6.45, 7) is 0.370. The standard InChI is InChI=1S/C9H13NO2/c1-12-7-9(11)5-8-3-2-4-10-6-8/h2-4,6,9,11H,5,7H2,1H3. The fraction of sp³-hybridized carbons (Fsp3) is 0.444. The van der Waals surface area contributed by atoms with Crippen LogP contribution in [0.4, 0.5) is 0 Å². The molecule has 1 unspecified atom stereocenters. The van der Waals surface area contributed by atoms with Crippen molar-refractivity contribution in [3.05, 3.63) is 30.1 Å². The summed E-state index contributed by atoms with van der Waals surface area (Å²) >= 11 is 0. The predicted molar refractivity (Wildman–Crippen MR) is 45.8 cm³/mol. The highest BCUT2D eigenvalue weighted by Crippen LogP contribution is 2.00. The third-order valence-corrected chi connectivity index (χ3v) is 1.55. The van der Waals surface area contributed by atoms with E-state index in [4.69, 9.17) is 4.74 Å². The Bertz CT molecular complexity index is 213. The molecule has 0 fully saturated rings. The molecule has 3 nitrogen and oxygen atoms in total. The number of aromatic nitrogens is 1. The molecular formula is C9H13NO2. The smallest absolute Gasteiger partial charge is 0.0814 e. The van der Waals surface area contributed by atoms with Crippen molar-refractivity contribution in [2.45, 2.75) is 12.5 Å². The van der Waals surface area contributed by atoms with Gasteiger partial charge < -0.3 is 9.84 Å². The second kappa shape index (κ2) is 4.85. The molecule has 0 radical (unpaired) electrons. The highest BCUT2D eigenvalue weighted by molar-refractivity contribution is 5.09. The molecule has 1 aromatic rings. The molecular weight excluding hydrogens is 154 g/mol. The van der Waals surface area contributed by atoms with Crippen LogP contribution in [0.2, 0.25) is 0 Å². The van der Waals surface area contributed by atoms with Gasteiger partial charge in [0.1, 0.15) is 0 Å². The molecule has 0 aromatic carbocycles. The van der Waals surface area contributed by atoms with Crippen molar-refractivity contribution >= 4 is 0 Å². The van der Waals surface area contributed by atoms with Crippen molar-refractivity contribution in [2.24, 2.45) is 0 Å². The minimum Gasteiger partial charge on any atom is -0.390 e. The van der Waals surface area contributed by atoms with Crippen LogP contribution in [0, 0.1) is 0 Å². The van der Waals surface area contributed by atoms with Crippen LogP contribution in [-0.4, -0.2) is 29.9 Å². The number of nitrogens with zero attached hydrogens (tertiary/aromatic N) is 1. The number of rotatable bonds is 4. The van der Waals surface area contributed by atoms with Gasteiger partial charge >= 0.3 is 0 Å². The van der Waals surface area contributed by atoms with E-state index in [9.17, 15) is 5.11 Å². The topological polar surface area (TPSA) is 42.4 Å². The maximum atomic E-state index is 9.35. The van der Waals surface area contributed by atoms with Crippen LogP contribution in [0.5, 0.6) is 0 Å². The fourth-order valence-corrected chi connectivity index (χ4v) is 1.04. The maximum absolute atomic E-state index is 9.35. The molecule has 1 aromatic heterocycles. The summed E-state index contributed by atoms with van der Waals surface area (Å²) in [4.78, 5) is 3.95.